The summed E-state index contributed by atoms with van der Waals surface area (Å²) in [7, 11) is -1.29. The second-order valence-electron chi connectivity index (χ2n) is 3.39. The first-order chi connectivity index (χ1) is 4.56. The molecule has 1 nitrogen and oxygen atoms in total. The molecule has 0 atom stereocenters. The SMILES string of the molecule is CCC/C=C\O[Si](C)(C)C. The zero-order valence-corrected chi connectivity index (χ0v) is 8.48. The minimum absolute atomic E-state index is 1.13. The molecule has 0 spiro atoms. The van der Waals surface area contributed by atoms with Gasteiger partial charge in [-0.2, -0.15) is 0 Å². The van der Waals surface area contributed by atoms with Gasteiger partial charge in [0.1, 0.15) is 0 Å². The third kappa shape index (κ3) is 7.76. The smallest absolute Gasteiger partial charge is 0.241 e. The summed E-state index contributed by atoms with van der Waals surface area (Å²) in [4.78, 5) is 0. The molecule has 0 bridgehead atoms. The third-order valence-corrected chi connectivity index (χ3v) is 1.82. The van der Waals surface area contributed by atoms with Gasteiger partial charge in [-0.3, -0.25) is 0 Å². The maximum Gasteiger partial charge on any atom is 0.241 e. The van der Waals surface area contributed by atoms with E-state index in [1.54, 1.807) is 0 Å². The number of unbranched alkanes of at least 4 members (excludes halogenated alkanes) is 1. The second kappa shape index (κ2) is 4.55. The first kappa shape index (κ1) is 9.76. The van der Waals surface area contributed by atoms with E-state index in [1.807, 2.05) is 6.26 Å². The van der Waals surface area contributed by atoms with Crippen molar-refractivity contribution in [3.63, 3.8) is 0 Å². The molecule has 0 N–H and O–H groups in total. The molecule has 0 amide bonds. The van der Waals surface area contributed by atoms with Gasteiger partial charge in [-0.25, -0.2) is 0 Å². The van der Waals surface area contributed by atoms with Gasteiger partial charge in [-0.15, -0.1) is 0 Å². The molecular weight excluding hydrogens is 140 g/mol. The topological polar surface area (TPSA) is 9.23 Å². The lowest BCUT2D eigenvalue weighted by atomic mass is 10.3. The van der Waals surface area contributed by atoms with E-state index < -0.39 is 8.32 Å². The van der Waals surface area contributed by atoms with Crippen molar-refractivity contribution in [3.8, 4) is 0 Å². The Labute approximate surface area is 65.2 Å². The molecule has 0 aliphatic rings. The summed E-state index contributed by atoms with van der Waals surface area (Å²) in [6, 6.07) is 0. The van der Waals surface area contributed by atoms with E-state index >= 15 is 0 Å². The molecule has 0 aliphatic heterocycles. The van der Waals surface area contributed by atoms with Gasteiger partial charge in [-0.1, -0.05) is 19.4 Å². The minimum atomic E-state index is -1.29. The van der Waals surface area contributed by atoms with Crippen molar-refractivity contribution in [1.82, 2.24) is 0 Å². The molecule has 60 valence electrons. The van der Waals surface area contributed by atoms with Gasteiger partial charge in [0.2, 0.25) is 8.32 Å². The lowest BCUT2D eigenvalue weighted by molar-refractivity contribution is 0.476. The molecule has 0 unspecified atom stereocenters. The van der Waals surface area contributed by atoms with Crippen LogP contribution in [0.3, 0.4) is 0 Å². The van der Waals surface area contributed by atoms with Crippen LogP contribution >= 0.6 is 0 Å². The van der Waals surface area contributed by atoms with Crippen LogP contribution in [0, 0.1) is 0 Å². The summed E-state index contributed by atoms with van der Waals surface area (Å²) in [6.07, 6.45) is 6.28. The Morgan fingerprint density at radius 2 is 1.90 bits per heavy atom. The Balaban J connectivity index is 3.34. The number of rotatable bonds is 4. The third-order valence-electron chi connectivity index (χ3n) is 0.973. The fourth-order valence-corrected chi connectivity index (χ4v) is 0.991. The molecule has 0 radical (unpaired) electrons. The number of hydrogen-bond acceptors (Lipinski definition) is 1. The van der Waals surface area contributed by atoms with Crippen molar-refractivity contribution >= 4 is 8.32 Å². The van der Waals surface area contributed by atoms with Gasteiger partial charge in [0.25, 0.3) is 0 Å². The van der Waals surface area contributed by atoms with E-state index in [0.29, 0.717) is 0 Å². The van der Waals surface area contributed by atoms with Crippen LogP contribution < -0.4 is 0 Å². The molecule has 0 fully saturated rings. The summed E-state index contributed by atoms with van der Waals surface area (Å²) in [5.41, 5.74) is 0. The van der Waals surface area contributed by atoms with Gasteiger partial charge in [-0.05, 0) is 26.1 Å². The largest absolute Gasteiger partial charge is 0.550 e. The highest BCUT2D eigenvalue weighted by atomic mass is 28.4. The highest BCUT2D eigenvalue weighted by molar-refractivity contribution is 6.69. The van der Waals surface area contributed by atoms with Crippen LogP contribution in [0.4, 0.5) is 0 Å². The van der Waals surface area contributed by atoms with Crippen molar-refractivity contribution in [3.05, 3.63) is 12.3 Å². The molecule has 0 aromatic rings. The summed E-state index contributed by atoms with van der Waals surface area (Å²) >= 11 is 0. The van der Waals surface area contributed by atoms with E-state index in [9.17, 15) is 0 Å². The highest BCUT2D eigenvalue weighted by Crippen LogP contribution is 2.03. The normalized spacial score (nSPS) is 12.4. The van der Waals surface area contributed by atoms with Gasteiger partial charge in [0.05, 0.1) is 6.26 Å². The highest BCUT2D eigenvalue weighted by Gasteiger charge is 2.12. The maximum absolute atomic E-state index is 5.49. The molecule has 0 aromatic heterocycles. The molecule has 0 heterocycles. The van der Waals surface area contributed by atoms with Crippen LogP contribution in [0.25, 0.3) is 0 Å². The van der Waals surface area contributed by atoms with Crippen LogP contribution in [-0.2, 0) is 4.43 Å². The van der Waals surface area contributed by atoms with Gasteiger partial charge >= 0.3 is 0 Å². The van der Waals surface area contributed by atoms with E-state index in [4.69, 9.17) is 4.43 Å². The molecule has 2 heteroatoms. The fourth-order valence-electron chi connectivity index (χ4n) is 0.487. The van der Waals surface area contributed by atoms with E-state index in [1.165, 1.54) is 6.42 Å². The quantitative estimate of drug-likeness (QED) is 0.451. The predicted molar refractivity (Wildman–Crippen MR) is 48.5 cm³/mol. The predicted octanol–water partition coefficient (Wildman–Crippen LogP) is 3.15. The summed E-state index contributed by atoms with van der Waals surface area (Å²) in [6.45, 7) is 8.72. The zero-order chi connectivity index (χ0) is 8.04. The Morgan fingerprint density at radius 3 is 2.30 bits per heavy atom. The van der Waals surface area contributed by atoms with Crippen molar-refractivity contribution in [2.24, 2.45) is 0 Å². The first-order valence-electron chi connectivity index (χ1n) is 3.89. The fraction of sp³-hybridized carbons (Fsp3) is 0.750. The summed E-state index contributed by atoms with van der Waals surface area (Å²) in [5, 5.41) is 0. The lowest BCUT2D eigenvalue weighted by Gasteiger charge is -2.14. The van der Waals surface area contributed by atoms with E-state index in [2.05, 4.69) is 32.6 Å². The summed E-state index contributed by atoms with van der Waals surface area (Å²) < 4.78 is 5.49. The van der Waals surface area contributed by atoms with Gasteiger partial charge in [0.15, 0.2) is 0 Å². The Morgan fingerprint density at radius 1 is 1.30 bits per heavy atom. The van der Waals surface area contributed by atoms with E-state index in [-0.39, 0.29) is 0 Å². The molecule has 0 aromatic carbocycles. The van der Waals surface area contributed by atoms with Crippen LogP contribution in [0.5, 0.6) is 0 Å². The second-order valence-corrected chi connectivity index (χ2v) is 7.85. The minimum Gasteiger partial charge on any atom is -0.550 e. The average molecular weight is 158 g/mol. The molecule has 0 saturated carbocycles. The molecule has 0 saturated heterocycles. The van der Waals surface area contributed by atoms with Crippen molar-refractivity contribution in [2.75, 3.05) is 0 Å². The standard InChI is InChI=1S/C8H18OSi/c1-5-6-7-8-9-10(2,3)4/h7-8H,5-6H2,1-4H3/b8-7-. The van der Waals surface area contributed by atoms with E-state index in [0.717, 1.165) is 6.42 Å². The molecule has 0 aliphatic carbocycles. The first-order valence-corrected chi connectivity index (χ1v) is 7.30. The maximum atomic E-state index is 5.49. The Hall–Kier alpha value is -0.243. The van der Waals surface area contributed by atoms with Crippen molar-refractivity contribution < 1.29 is 4.43 Å². The number of hydrogen-bond donors (Lipinski definition) is 0. The molecular formula is C8H18OSi. The van der Waals surface area contributed by atoms with Gasteiger partial charge < -0.3 is 4.43 Å². The monoisotopic (exact) mass is 158 g/mol. The summed E-state index contributed by atoms with van der Waals surface area (Å²) in [5.74, 6) is 0. The van der Waals surface area contributed by atoms with Crippen LogP contribution in [0.1, 0.15) is 19.8 Å². The van der Waals surface area contributed by atoms with Crippen molar-refractivity contribution in [1.29, 1.82) is 0 Å². The Kier molecular flexibility index (Phi) is 4.44. The van der Waals surface area contributed by atoms with Gasteiger partial charge in [0, 0.05) is 0 Å². The zero-order valence-electron chi connectivity index (χ0n) is 7.48. The molecule has 0 rings (SSSR count). The van der Waals surface area contributed by atoms with Crippen molar-refractivity contribution in [2.45, 2.75) is 39.4 Å². The average Bonchev–Trinajstić information content (AvgIpc) is 1.78. The van der Waals surface area contributed by atoms with Crippen LogP contribution in [0.2, 0.25) is 19.6 Å². The van der Waals surface area contributed by atoms with Crippen LogP contribution in [0.15, 0.2) is 12.3 Å². The Bertz CT molecular complexity index is 102. The number of allylic oxidation sites excluding steroid dienone is 1. The lowest BCUT2D eigenvalue weighted by Crippen LogP contribution is -2.21. The van der Waals surface area contributed by atoms with Crippen LogP contribution in [-0.4, -0.2) is 8.32 Å². The molecule has 10 heavy (non-hydrogen) atoms.